The summed E-state index contributed by atoms with van der Waals surface area (Å²) in [5.41, 5.74) is 0. The summed E-state index contributed by atoms with van der Waals surface area (Å²) < 4.78 is 5.80. The molecule has 2 atom stereocenters. The quantitative estimate of drug-likeness (QED) is 0.910. The Hall–Kier alpha value is -1.43. The van der Waals surface area contributed by atoms with Crippen molar-refractivity contribution in [3.8, 4) is 0 Å². The van der Waals surface area contributed by atoms with Crippen LogP contribution >= 0.6 is 0 Å². The van der Waals surface area contributed by atoms with Gasteiger partial charge in [-0.2, -0.15) is 0 Å². The predicted octanol–water partition coefficient (Wildman–Crippen LogP) is 1.54. The lowest BCUT2D eigenvalue weighted by Crippen LogP contribution is -2.55. The van der Waals surface area contributed by atoms with Gasteiger partial charge in [-0.1, -0.05) is 19.8 Å². The van der Waals surface area contributed by atoms with Gasteiger partial charge in [-0.25, -0.2) is 4.98 Å². The predicted molar refractivity (Wildman–Crippen MR) is 73.4 cm³/mol. The van der Waals surface area contributed by atoms with Gasteiger partial charge < -0.3 is 9.64 Å². The average Bonchev–Trinajstić information content (AvgIpc) is 2.95. The van der Waals surface area contributed by atoms with E-state index < -0.39 is 0 Å². The lowest BCUT2D eigenvalue weighted by molar-refractivity contribution is -0.0755. The topological polar surface area (TPSA) is 71.1 Å². The number of aryl methyl sites for hydroxylation is 1. The molecule has 2 heterocycles. The molecule has 1 saturated carbocycles. The fourth-order valence-electron chi connectivity index (χ4n) is 3.22. The summed E-state index contributed by atoms with van der Waals surface area (Å²) in [6.45, 7) is 3.36. The number of hydrogen-bond acceptors (Lipinski definition) is 4. The van der Waals surface area contributed by atoms with Crippen molar-refractivity contribution in [3.05, 3.63) is 11.6 Å². The van der Waals surface area contributed by atoms with Crippen molar-refractivity contribution in [2.45, 2.75) is 57.6 Å². The van der Waals surface area contributed by atoms with Crippen molar-refractivity contribution in [3.63, 3.8) is 0 Å². The summed E-state index contributed by atoms with van der Waals surface area (Å²) in [5.74, 6) is 1.05. The smallest absolute Gasteiger partial charge is 0.293 e. The third kappa shape index (κ3) is 2.57. The highest BCUT2D eigenvalue weighted by molar-refractivity contribution is 5.90. The second kappa shape index (κ2) is 5.91. The summed E-state index contributed by atoms with van der Waals surface area (Å²) >= 11 is 0. The molecule has 2 unspecified atom stereocenters. The molecule has 1 aliphatic heterocycles. The molecule has 3 rings (SSSR count). The molecule has 0 bridgehead atoms. The van der Waals surface area contributed by atoms with Crippen LogP contribution in [0.5, 0.6) is 0 Å². The zero-order valence-electron chi connectivity index (χ0n) is 12.0. The number of H-pyrrole nitrogens is 1. The van der Waals surface area contributed by atoms with Crippen LogP contribution < -0.4 is 0 Å². The van der Waals surface area contributed by atoms with E-state index in [2.05, 4.69) is 22.1 Å². The zero-order chi connectivity index (χ0) is 13.9. The molecule has 1 amide bonds. The van der Waals surface area contributed by atoms with Gasteiger partial charge >= 0.3 is 0 Å². The first-order chi connectivity index (χ1) is 9.79. The number of aromatic nitrogens is 3. The molecule has 2 fully saturated rings. The minimum Gasteiger partial charge on any atom is -0.374 e. The van der Waals surface area contributed by atoms with Crippen LogP contribution in [0.3, 0.4) is 0 Å². The van der Waals surface area contributed by atoms with E-state index in [1.807, 2.05) is 4.90 Å². The average molecular weight is 278 g/mol. The monoisotopic (exact) mass is 278 g/mol. The van der Waals surface area contributed by atoms with E-state index in [1.165, 1.54) is 12.8 Å². The highest BCUT2D eigenvalue weighted by atomic mass is 16.5. The summed E-state index contributed by atoms with van der Waals surface area (Å²) in [5, 5.41) is 6.94. The van der Waals surface area contributed by atoms with Crippen molar-refractivity contribution < 1.29 is 9.53 Å². The maximum absolute atomic E-state index is 12.6. The van der Waals surface area contributed by atoms with Gasteiger partial charge in [0.15, 0.2) is 0 Å². The molecule has 0 radical (unpaired) electrons. The van der Waals surface area contributed by atoms with Crippen LogP contribution in [0.15, 0.2) is 0 Å². The van der Waals surface area contributed by atoms with E-state index in [-0.39, 0.29) is 18.1 Å². The summed E-state index contributed by atoms with van der Waals surface area (Å²) in [6.07, 6.45) is 6.48. The standard InChI is InChI=1S/C14H22N4O2/c1-2-5-12-15-13(17-16-12)14(19)18-8-9-20-11-7-4-3-6-10(11)18/h10-11H,2-9H2,1H3,(H,15,16,17). The maximum atomic E-state index is 12.6. The number of amides is 1. The van der Waals surface area contributed by atoms with Gasteiger partial charge in [0.05, 0.1) is 18.8 Å². The van der Waals surface area contributed by atoms with Crippen LogP contribution in [-0.4, -0.2) is 51.3 Å². The minimum absolute atomic E-state index is 0.0520. The van der Waals surface area contributed by atoms with Crippen molar-refractivity contribution in [1.29, 1.82) is 0 Å². The summed E-state index contributed by atoms with van der Waals surface area (Å²) in [4.78, 5) is 18.8. The maximum Gasteiger partial charge on any atom is 0.293 e. The number of hydrogen-bond donors (Lipinski definition) is 1. The molecule has 1 aromatic heterocycles. The second-order valence-electron chi connectivity index (χ2n) is 5.62. The third-order valence-corrected chi connectivity index (χ3v) is 4.20. The number of ether oxygens (including phenoxy) is 1. The fourth-order valence-corrected chi connectivity index (χ4v) is 3.22. The van der Waals surface area contributed by atoms with Gasteiger partial charge in [-0.3, -0.25) is 9.89 Å². The molecule has 1 aliphatic carbocycles. The number of rotatable bonds is 3. The Bertz CT molecular complexity index is 471. The lowest BCUT2D eigenvalue weighted by Gasteiger charge is -2.43. The Balaban J connectivity index is 1.74. The van der Waals surface area contributed by atoms with Gasteiger partial charge in [0.2, 0.25) is 5.82 Å². The third-order valence-electron chi connectivity index (χ3n) is 4.20. The first kappa shape index (κ1) is 13.5. The fraction of sp³-hybridized carbons (Fsp3) is 0.786. The molecule has 110 valence electrons. The van der Waals surface area contributed by atoms with Crippen LogP contribution in [0.2, 0.25) is 0 Å². The molecule has 1 aromatic rings. The van der Waals surface area contributed by atoms with Crippen LogP contribution in [0, 0.1) is 0 Å². The van der Waals surface area contributed by atoms with Gasteiger partial charge in [0.25, 0.3) is 5.91 Å². The van der Waals surface area contributed by atoms with Crippen LogP contribution in [-0.2, 0) is 11.2 Å². The van der Waals surface area contributed by atoms with Gasteiger partial charge in [-0.15, -0.1) is 5.10 Å². The molecule has 1 saturated heterocycles. The highest BCUT2D eigenvalue weighted by Crippen LogP contribution is 2.29. The molecular formula is C14H22N4O2. The number of nitrogens with zero attached hydrogens (tertiary/aromatic N) is 3. The van der Waals surface area contributed by atoms with Gasteiger partial charge in [0.1, 0.15) is 5.82 Å². The molecule has 1 N–H and O–H groups in total. The minimum atomic E-state index is -0.0520. The van der Waals surface area contributed by atoms with E-state index in [4.69, 9.17) is 4.74 Å². The molecule has 0 spiro atoms. The zero-order valence-corrected chi connectivity index (χ0v) is 12.0. The number of aromatic amines is 1. The van der Waals surface area contributed by atoms with Crippen LogP contribution in [0.25, 0.3) is 0 Å². The van der Waals surface area contributed by atoms with Crippen molar-refractivity contribution in [2.24, 2.45) is 0 Å². The SMILES string of the molecule is CCCc1nc(C(=O)N2CCOC3CCCCC32)n[nH]1. The van der Waals surface area contributed by atoms with E-state index in [0.29, 0.717) is 19.0 Å². The largest absolute Gasteiger partial charge is 0.374 e. The van der Waals surface area contributed by atoms with Crippen molar-refractivity contribution in [2.75, 3.05) is 13.2 Å². The Kier molecular flexibility index (Phi) is 4.00. The molecular weight excluding hydrogens is 256 g/mol. The normalized spacial score (nSPS) is 26.4. The molecule has 6 nitrogen and oxygen atoms in total. The number of carbonyl (C=O) groups excluding carboxylic acids is 1. The molecule has 20 heavy (non-hydrogen) atoms. The van der Waals surface area contributed by atoms with Crippen molar-refractivity contribution in [1.82, 2.24) is 20.1 Å². The lowest BCUT2D eigenvalue weighted by atomic mass is 9.90. The Morgan fingerprint density at radius 2 is 2.30 bits per heavy atom. The van der Waals surface area contributed by atoms with E-state index in [9.17, 15) is 4.79 Å². The molecule has 0 aromatic carbocycles. The first-order valence-electron chi connectivity index (χ1n) is 7.63. The number of fused-ring (bicyclic) bond motifs is 1. The van der Waals surface area contributed by atoms with Crippen molar-refractivity contribution >= 4 is 5.91 Å². The van der Waals surface area contributed by atoms with E-state index in [1.54, 1.807) is 0 Å². The summed E-state index contributed by atoms with van der Waals surface area (Å²) in [6, 6.07) is 0.207. The van der Waals surface area contributed by atoms with Crippen LogP contribution in [0.1, 0.15) is 55.5 Å². The van der Waals surface area contributed by atoms with Gasteiger partial charge in [0, 0.05) is 13.0 Å². The summed E-state index contributed by atoms with van der Waals surface area (Å²) in [7, 11) is 0. The van der Waals surface area contributed by atoms with E-state index >= 15 is 0 Å². The highest BCUT2D eigenvalue weighted by Gasteiger charge is 2.38. The van der Waals surface area contributed by atoms with Gasteiger partial charge in [-0.05, 0) is 19.3 Å². The van der Waals surface area contributed by atoms with Crippen LogP contribution in [0.4, 0.5) is 0 Å². The molecule has 6 heteroatoms. The Labute approximate surface area is 118 Å². The second-order valence-corrected chi connectivity index (χ2v) is 5.62. The number of carbonyl (C=O) groups is 1. The molecule has 2 aliphatic rings. The first-order valence-corrected chi connectivity index (χ1v) is 7.63. The number of nitrogens with one attached hydrogen (secondary N) is 1. The Morgan fingerprint density at radius 3 is 3.15 bits per heavy atom. The Morgan fingerprint density at radius 1 is 1.45 bits per heavy atom. The van der Waals surface area contributed by atoms with E-state index in [0.717, 1.165) is 31.5 Å². The number of morpholine rings is 1.